The van der Waals surface area contributed by atoms with Gasteiger partial charge in [0.25, 0.3) is 0 Å². The molecule has 1 fully saturated rings. The van der Waals surface area contributed by atoms with Crippen LogP contribution in [0.25, 0.3) is 0 Å². The molecule has 1 unspecified atom stereocenters. The van der Waals surface area contributed by atoms with Gasteiger partial charge in [0, 0.05) is 12.5 Å². The first-order chi connectivity index (χ1) is 6.93. The quantitative estimate of drug-likeness (QED) is 0.723. The number of carbonyl (C=O) groups is 1. The molecule has 0 aliphatic carbocycles. The van der Waals surface area contributed by atoms with Crippen LogP contribution in [-0.2, 0) is 4.79 Å². The van der Waals surface area contributed by atoms with E-state index in [9.17, 15) is 18.0 Å². The molecule has 0 aromatic carbocycles. The Bertz CT molecular complexity index is 212. The first kappa shape index (κ1) is 12.4. The highest BCUT2D eigenvalue weighted by Crippen LogP contribution is 2.22. The summed E-state index contributed by atoms with van der Waals surface area (Å²) in [5.41, 5.74) is 0. The molecule has 1 heterocycles. The molecule has 3 nitrogen and oxygen atoms in total. The molecule has 0 spiro atoms. The molecule has 0 bridgehead atoms. The number of β-amino-alcohol motifs (C(OH)–C–C–N with tert-alkyl or cyclic N) is 1. The van der Waals surface area contributed by atoms with Gasteiger partial charge in [-0.1, -0.05) is 0 Å². The Morgan fingerprint density at radius 2 is 1.93 bits per heavy atom. The molecule has 0 radical (unpaired) electrons. The second-order valence-electron chi connectivity index (χ2n) is 3.83. The fraction of sp³-hybridized carbons (Fsp3) is 0.889. The van der Waals surface area contributed by atoms with Gasteiger partial charge in [-0.25, -0.2) is 0 Å². The predicted octanol–water partition coefficient (Wildman–Crippen LogP) is 0.821. The molecule has 88 valence electrons. The number of hydrogen-bond acceptors (Lipinski definition) is 3. The monoisotopic (exact) mass is 225 g/mol. The van der Waals surface area contributed by atoms with E-state index in [4.69, 9.17) is 5.11 Å². The maximum atomic E-state index is 12.0. The van der Waals surface area contributed by atoms with Gasteiger partial charge in [-0.2, -0.15) is 13.2 Å². The molecule has 0 aromatic rings. The van der Waals surface area contributed by atoms with Crippen molar-refractivity contribution in [1.29, 1.82) is 0 Å². The number of alkyl halides is 3. The average Bonchev–Trinajstić information content (AvgIpc) is 2.17. The lowest BCUT2D eigenvalue weighted by atomic mass is 9.98. The van der Waals surface area contributed by atoms with E-state index in [0.29, 0.717) is 25.9 Å². The van der Waals surface area contributed by atoms with Gasteiger partial charge in [0.15, 0.2) is 6.10 Å². The van der Waals surface area contributed by atoms with Gasteiger partial charge in [0.2, 0.25) is 0 Å². The summed E-state index contributed by atoms with van der Waals surface area (Å²) < 4.78 is 36.0. The Labute approximate surface area is 85.9 Å². The van der Waals surface area contributed by atoms with E-state index >= 15 is 0 Å². The highest BCUT2D eigenvalue weighted by Gasteiger charge is 2.39. The zero-order chi connectivity index (χ0) is 11.5. The van der Waals surface area contributed by atoms with E-state index in [2.05, 4.69) is 0 Å². The van der Waals surface area contributed by atoms with Gasteiger partial charge in [-0.3, -0.25) is 0 Å². The molecule has 15 heavy (non-hydrogen) atoms. The summed E-state index contributed by atoms with van der Waals surface area (Å²) in [5, 5.41) is 8.82. The van der Waals surface area contributed by atoms with Crippen molar-refractivity contribution in [3.8, 4) is 0 Å². The Kier molecular flexibility index (Phi) is 4.10. The van der Waals surface area contributed by atoms with Crippen LogP contribution in [0.2, 0.25) is 0 Å². The van der Waals surface area contributed by atoms with Crippen molar-refractivity contribution in [1.82, 2.24) is 4.90 Å². The van der Waals surface area contributed by atoms with Crippen LogP contribution in [0.15, 0.2) is 0 Å². The van der Waals surface area contributed by atoms with Crippen molar-refractivity contribution in [3.05, 3.63) is 0 Å². The van der Waals surface area contributed by atoms with Gasteiger partial charge in [0.05, 0.1) is 0 Å². The van der Waals surface area contributed by atoms with Crippen LogP contribution in [0.3, 0.4) is 0 Å². The van der Waals surface area contributed by atoms with Gasteiger partial charge >= 0.3 is 6.18 Å². The summed E-state index contributed by atoms with van der Waals surface area (Å²) in [6.07, 6.45) is -4.84. The summed E-state index contributed by atoms with van der Waals surface area (Å²) in [6, 6.07) is 0. The standard InChI is InChI=1S/C9H14F3NO2/c10-9(11,12)8(15)5-13-3-1-7(6-14)2-4-13/h6-8,15H,1-5H2. The van der Waals surface area contributed by atoms with Crippen molar-refractivity contribution >= 4 is 6.29 Å². The maximum Gasteiger partial charge on any atom is 0.415 e. The number of piperidine rings is 1. The molecule has 1 N–H and O–H groups in total. The van der Waals surface area contributed by atoms with Gasteiger partial charge in [-0.05, 0) is 25.9 Å². The van der Waals surface area contributed by atoms with E-state index in [0.717, 1.165) is 6.29 Å². The molecule has 1 aliphatic rings. The van der Waals surface area contributed by atoms with E-state index in [1.165, 1.54) is 4.90 Å². The molecular weight excluding hydrogens is 211 g/mol. The van der Waals surface area contributed by atoms with E-state index in [-0.39, 0.29) is 5.92 Å². The van der Waals surface area contributed by atoms with Crippen molar-refractivity contribution in [2.75, 3.05) is 19.6 Å². The van der Waals surface area contributed by atoms with E-state index in [1.54, 1.807) is 0 Å². The second-order valence-corrected chi connectivity index (χ2v) is 3.83. The van der Waals surface area contributed by atoms with Crippen LogP contribution in [0, 0.1) is 5.92 Å². The van der Waals surface area contributed by atoms with Crippen LogP contribution in [0.1, 0.15) is 12.8 Å². The van der Waals surface area contributed by atoms with Crippen molar-refractivity contribution in [2.45, 2.75) is 25.1 Å². The van der Waals surface area contributed by atoms with E-state index in [1.807, 2.05) is 0 Å². The SMILES string of the molecule is O=CC1CCN(CC(O)C(F)(F)F)CC1. The number of aliphatic hydroxyl groups excluding tert-OH is 1. The minimum Gasteiger partial charge on any atom is -0.382 e. The number of nitrogens with zero attached hydrogens (tertiary/aromatic N) is 1. The van der Waals surface area contributed by atoms with Crippen molar-refractivity contribution in [2.24, 2.45) is 5.92 Å². The molecule has 1 saturated heterocycles. The number of hydrogen-bond donors (Lipinski definition) is 1. The molecule has 0 saturated carbocycles. The van der Waals surface area contributed by atoms with Crippen molar-refractivity contribution in [3.63, 3.8) is 0 Å². The predicted molar refractivity (Wildman–Crippen MR) is 47.3 cm³/mol. The average molecular weight is 225 g/mol. The van der Waals surface area contributed by atoms with Crippen LogP contribution in [0.5, 0.6) is 0 Å². The molecular formula is C9H14F3NO2. The van der Waals surface area contributed by atoms with Gasteiger partial charge in [0.1, 0.15) is 6.29 Å². The number of rotatable bonds is 3. The third kappa shape index (κ3) is 3.79. The third-order valence-corrected chi connectivity index (χ3v) is 2.63. The Morgan fingerprint density at radius 3 is 2.33 bits per heavy atom. The molecule has 6 heteroatoms. The lowest BCUT2D eigenvalue weighted by Crippen LogP contribution is -2.44. The van der Waals surface area contributed by atoms with Gasteiger partial charge in [-0.15, -0.1) is 0 Å². The first-order valence-corrected chi connectivity index (χ1v) is 4.86. The summed E-state index contributed by atoms with van der Waals surface area (Å²) in [4.78, 5) is 11.9. The minimum atomic E-state index is -4.55. The topological polar surface area (TPSA) is 40.5 Å². The Hall–Kier alpha value is -0.620. The maximum absolute atomic E-state index is 12.0. The van der Waals surface area contributed by atoms with Crippen LogP contribution >= 0.6 is 0 Å². The minimum absolute atomic E-state index is 0.0377. The summed E-state index contributed by atoms with van der Waals surface area (Å²) in [7, 11) is 0. The third-order valence-electron chi connectivity index (χ3n) is 2.63. The lowest BCUT2D eigenvalue weighted by Gasteiger charge is -2.31. The number of halogens is 3. The number of aldehydes is 1. The highest BCUT2D eigenvalue weighted by molar-refractivity contribution is 5.53. The number of aliphatic hydroxyl groups is 1. The molecule has 0 aromatic heterocycles. The molecule has 0 amide bonds. The van der Waals surface area contributed by atoms with Crippen LogP contribution in [0.4, 0.5) is 13.2 Å². The molecule has 1 aliphatic heterocycles. The van der Waals surface area contributed by atoms with Crippen LogP contribution < -0.4 is 0 Å². The lowest BCUT2D eigenvalue weighted by molar-refractivity contribution is -0.208. The zero-order valence-corrected chi connectivity index (χ0v) is 8.20. The summed E-state index contributed by atoms with van der Waals surface area (Å²) >= 11 is 0. The number of carbonyl (C=O) groups excluding carboxylic acids is 1. The number of likely N-dealkylation sites (tertiary alicyclic amines) is 1. The zero-order valence-electron chi connectivity index (χ0n) is 8.20. The Balaban J connectivity index is 2.32. The largest absolute Gasteiger partial charge is 0.415 e. The fourth-order valence-electron chi connectivity index (χ4n) is 1.62. The normalized spacial score (nSPS) is 22.7. The van der Waals surface area contributed by atoms with Gasteiger partial charge < -0.3 is 14.8 Å². The fourth-order valence-corrected chi connectivity index (χ4v) is 1.62. The first-order valence-electron chi connectivity index (χ1n) is 4.86. The molecule has 1 atom stereocenters. The molecule has 1 rings (SSSR count). The summed E-state index contributed by atoms with van der Waals surface area (Å²) in [6.45, 7) is 0.488. The summed E-state index contributed by atoms with van der Waals surface area (Å²) in [5.74, 6) is -0.0377. The van der Waals surface area contributed by atoms with Crippen LogP contribution in [-0.4, -0.2) is 48.2 Å². The van der Waals surface area contributed by atoms with E-state index < -0.39 is 18.8 Å². The second kappa shape index (κ2) is 4.94. The van der Waals surface area contributed by atoms with Crippen molar-refractivity contribution < 1.29 is 23.1 Å². The smallest absolute Gasteiger partial charge is 0.382 e. The Morgan fingerprint density at radius 1 is 1.40 bits per heavy atom. The highest BCUT2D eigenvalue weighted by atomic mass is 19.4.